The third kappa shape index (κ3) is 4.84. The number of hydrogen-bond donors (Lipinski definition) is 3. The molecule has 0 aromatic heterocycles. The lowest BCUT2D eigenvalue weighted by molar-refractivity contribution is -0.394. The molecule has 5 rings (SSSR count). The van der Waals surface area contributed by atoms with Gasteiger partial charge in [-0.2, -0.15) is 0 Å². The number of methoxy groups -OCH3 is 1. The van der Waals surface area contributed by atoms with Crippen LogP contribution in [0.2, 0.25) is 0 Å². The van der Waals surface area contributed by atoms with Crippen LogP contribution in [0.15, 0.2) is 18.2 Å². The van der Waals surface area contributed by atoms with Crippen molar-refractivity contribution in [3.05, 3.63) is 29.3 Å². The summed E-state index contributed by atoms with van der Waals surface area (Å²) in [6.45, 7) is 1.44. The van der Waals surface area contributed by atoms with Gasteiger partial charge in [-0.15, -0.1) is 4.99 Å². The van der Waals surface area contributed by atoms with Gasteiger partial charge < -0.3 is 24.8 Å². The fraction of sp³-hybridized carbons (Fsp3) is 0.654. The van der Waals surface area contributed by atoms with E-state index in [2.05, 4.69) is 10.3 Å². The number of carbonyl (C=O) groups excluding carboxylic acids is 2. The fourth-order valence-corrected chi connectivity index (χ4v) is 6.01. The zero-order valence-corrected chi connectivity index (χ0v) is 19.9. The second-order valence-corrected chi connectivity index (χ2v) is 10.2. The zero-order chi connectivity index (χ0) is 23.7. The number of hydrogen-bond acceptors (Lipinski definition) is 5. The van der Waals surface area contributed by atoms with Crippen molar-refractivity contribution in [2.45, 2.75) is 88.6 Å². The highest BCUT2D eigenvalue weighted by molar-refractivity contribution is 6.01. The summed E-state index contributed by atoms with van der Waals surface area (Å²) in [5.74, 6) is 1.04. The molecule has 1 aromatic rings. The summed E-state index contributed by atoms with van der Waals surface area (Å²) in [7, 11) is 1.81. The summed E-state index contributed by atoms with van der Waals surface area (Å²) < 4.78 is 11.9. The fourth-order valence-electron chi connectivity index (χ4n) is 6.01. The van der Waals surface area contributed by atoms with Gasteiger partial charge in [0.15, 0.2) is 6.04 Å². The van der Waals surface area contributed by atoms with Crippen LogP contribution in [0.1, 0.15) is 73.7 Å². The number of rotatable bonds is 7. The molecule has 3 atom stereocenters. The molecule has 0 radical (unpaired) electrons. The molecule has 34 heavy (non-hydrogen) atoms. The van der Waals surface area contributed by atoms with Gasteiger partial charge in [-0.05, 0) is 87.6 Å². The Morgan fingerprint density at radius 2 is 1.94 bits per heavy atom. The van der Waals surface area contributed by atoms with Gasteiger partial charge in [0, 0.05) is 25.3 Å². The number of carbonyl (C=O) groups is 2. The van der Waals surface area contributed by atoms with Crippen molar-refractivity contribution >= 4 is 17.7 Å². The minimum Gasteiger partial charge on any atom is -0.489 e. The van der Waals surface area contributed by atoms with Gasteiger partial charge in [0.25, 0.3) is 5.91 Å². The Labute approximate surface area is 200 Å². The number of amides is 2. The van der Waals surface area contributed by atoms with Crippen molar-refractivity contribution < 1.29 is 29.2 Å². The van der Waals surface area contributed by atoms with Crippen LogP contribution in [-0.2, 0) is 16.1 Å². The lowest BCUT2D eigenvalue weighted by Gasteiger charge is -2.30. The van der Waals surface area contributed by atoms with E-state index in [0.717, 1.165) is 50.0 Å². The van der Waals surface area contributed by atoms with E-state index in [1.54, 1.807) is 4.90 Å². The molecule has 1 aromatic carbocycles. The van der Waals surface area contributed by atoms with Gasteiger partial charge in [0.1, 0.15) is 11.9 Å². The van der Waals surface area contributed by atoms with Gasteiger partial charge >= 0.3 is 11.8 Å². The molecule has 2 fully saturated rings. The molecular formula is C26H36N3O5+. The highest BCUT2D eigenvalue weighted by Crippen LogP contribution is 2.32. The van der Waals surface area contributed by atoms with E-state index < -0.39 is 6.04 Å². The SMILES string of the molecule is COC1CCC(CN[C@H]2CCC[C@@H]2Oc2ccc3c(c2)CN(C2CCC(=O)[NH+]=C2O)C3=O)CC1. The Kier molecular flexibility index (Phi) is 6.88. The zero-order valence-electron chi connectivity index (χ0n) is 19.9. The van der Waals surface area contributed by atoms with E-state index >= 15 is 0 Å². The quantitative estimate of drug-likeness (QED) is 0.558. The lowest BCUT2D eigenvalue weighted by Crippen LogP contribution is -2.82. The first kappa shape index (κ1) is 23.3. The molecule has 2 aliphatic heterocycles. The minimum atomic E-state index is -0.482. The number of nitrogens with one attached hydrogen (secondary N) is 2. The first-order chi connectivity index (χ1) is 16.5. The summed E-state index contributed by atoms with van der Waals surface area (Å²) in [5, 5.41) is 14.0. The molecule has 3 N–H and O–H groups in total. The van der Waals surface area contributed by atoms with E-state index in [4.69, 9.17) is 9.47 Å². The van der Waals surface area contributed by atoms with Crippen molar-refractivity contribution in [1.29, 1.82) is 0 Å². The summed E-state index contributed by atoms with van der Waals surface area (Å²) in [6.07, 6.45) is 9.34. The molecule has 2 heterocycles. The first-order valence-electron chi connectivity index (χ1n) is 12.7. The normalized spacial score (nSPS) is 31.5. The van der Waals surface area contributed by atoms with E-state index in [9.17, 15) is 14.7 Å². The monoisotopic (exact) mass is 470 g/mol. The summed E-state index contributed by atoms with van der Waals surface area (Å²) in [5.41, 5.74) is 1.55. The molecule has 2 saturated carbocycles. The largest absolute Gasteiger partial charge is 0.489 e. The van der Waals surface area contributed by atoms with E-state index in [0.29, 0.717) is 43.0 Å². The standard InChI is InChI=1S/C26H35N3O5/c1-33-18-7-5-16(6-8-18)14-27-21-3-2-4-23(21)34-19-9-10-20-17(13-19)15-29(26(20)32)22-11-12-24(30)28-25(22)31/h9-10,13,16,18,21-23,27H,2-8,11-12,14-15H2,1H3,(H,28,30,31)/p+1/t16?,18?,21-,22?,23-/m0/s1. The second-order valence-electron chi connectivity index (χ2n) is 10.2. The highest BCUT2D eigenvalue weighted by atomic mass is 16.5. The minimum absolute atomic E-state index is 0.113. The van der Waals surface area contributed by atoms with Crippen LogP contribution in [0.3, 0.4) is 0 Å². The van der Waals surface area contributed by atoms with Gasteiger partial charge in [0.05, 0.1) is 12.5 Å². The Morgan fingerprint density at radius 1 is 1.12 bits per heavy atom. The molecular weight excluding hydrogens is 434 g/mol. The van der Waals surface area contributed by atoms with Gasteiger partial charge in [0.2, 0.25) is 0 Å². The van der Waals surface area contributed by atoms with E-state index in [-0.39, 0.29) is 23.8 Å². The topological polar surface area (TPSA) is 102 Å². The predicted octanol–water partition coefficient (Wildman–Crippen LogP) is 1.46. The Bertz CT molecular complexity index is 956. The van der Waals surface area contributed by atoms with Gasteiger partial charge in [-0.3, -0.25) is 4.79 Å². The van der Waals surface area contributed by atoms with Crippen LogP contribution in [0.4, 0.5) is 0 Å². The maximum atomic E-state index is 12.9. The van der Waals surface area contributed by atoms with E-state index in [1.807, 2.05) is 25.3 Å². The molecule has 2 amide bonds. The summed E-state index contributed by atoms with van der Waals surface area (Å²) >= 11 is 0. The molecule has 0 bridgehead atoms. The number of nitrogens with zero attached hydrogens (tertiary/aromatic N) is 1. The average molecular weight is 471 g/mol. The molecule has 1 unspecified atom stereocenters. The Hall–Kier alpha value is -2.45. The maximum Gasteiger partial charge on any atom is 0.388 e. The van der Waals surface area contributed by atoms with Crippen molar-refractivity contribution in [1.82, 2.24) is 10.2 Å². The van der Waals surface area contributed by atoms with Crippen LogP contribution in [0, 0.1) is 5.92 Å². The number of benzene rings is 1. The Balaban J connectivity index is 1.18. The third-order valence-electron chi connectivity index (χ3n) is 8.05. The van der Waals surface area contributed by atoms with Crippen LogP contribution in [0.25, 0.3) is 0 Å². The molecule has 8 heteroatoms. The molecule has 2 aliphatic carbocycles. The molecule has 0 saturated heterocycles. The predicted molar refractivity (Wildman–Crippen MR) is 126 cm³/mol. The smallest absolute Gasteiger partial charge is 0.388 e. The maximum absolute atomic E-state index is 12.9. The summed E-state index contributed by atoms with van der Waals surface area (Å²) in [4.78, 5) is 28.5. The summed E-state index contributed by atoms with van der Waals surface area (Å²) in [6, 6.07) is 5.55. The lowest BCUT2D eigenvalue weighted by atomic mass is 9.87. The second kappa shape index (κ2) is 10.0. The number of aliphatic hydroxyl groups excluding tert-OH is 1. The molecule has 0 spiro atoms. The van der Waals surface area contributed by atoms with Gasteiger partial charge in [-0.25, -0.2) is 4.79 Å². The van der Waals surface area contributed by atoms with E-state index in [1.165, 1.54) is 12.8 Å². The van der Waals surface area contributed by atoms with Crippen LogP contribution in [0.5, 0.6) is 5.75 Å². The average Bonchev–Trinajstić information content (AvgIpc) is 3.41. The molecule has 4 aliphatic rings. The Morgan fingerprint density at radius 3 is 2.71 bits per heavy atom. The van der Waals surface area contributed by atoms with Crippen molar-refractivity contribution in [2.75, 3.05) is 13.7 Å². The van der Waals surface area contributed by atoms with Crippen molar-refractivity contribution in [3.8, 4) is 5.75 Å². The number of aliphatic hydroxyl groups is 1. The highest BCUT2D eigenvalue weighted by Gasteiger charge is 2.41. The molecule has 184 valence electrons. The third-order valence-corrected chi connectivity index (χ3v) is 8.05. The van der Waals surface area contributed by atoms with Crippen LogP contribution < -0.4 is 15.0 Å². The van der Waals surface area contributed by atoms with Crippen molar-refractivity contribution in [2.24, 2.45) is 5.92 Å². The number of ether oxygens (including phenoxy) is 2. The molecule has 8 nitrogen and oxygen atoms in total. The van der Waals surface area contributed by atoms with Crippen LogP contribution in [-0.4, -0.2) is 65.7 Å². The number of fused-ring (bicyclic) bond motifs is 1. The van der Waals surface area contributed by atoms with Gasteiger partial charge in [-0.1, -0.05) is 0 Å². The van der Waals surface area contributed by atoms with Crippen LogP contribution >= 0.6 is 0 Å². The van der Waals surface area contributed by atoms with Crippen molar-refractivity contribution in [3.63, 3.8) is 0 Å². The first-order valence-corrected chi connectivity index (χ1v) is 12.7.